The van der Waals surface area contributed by atoms with Crippen molar-refractivity contribution in [3.63, 3.8) is 0 Å². The maximum Gasteiger partial charge on any atom is 0.339 e. The maximum atomic E-state index is 11.9. The van der Waals surface area contributed by atoms with E-state index in [1.54, 1.807) is 20.4 Å². The molecule has 2 N–H and O–H groups in total. The highest BCUT2D eigenvalue weighted by atomic mass is 16.5. The van der Waals surface area contributed by atoms with E-state index in [2.05, 4.69) is 11.2 Å². The fourth-order valence-corrected chi connectivity index (χ4v) is 3.79. The van der Waals surface area contributed by atoms with Crippen molar-refractivity contribution in [3.8, 4) is 11.5 Å². The molecular formula is C22H21N3O3. The number of aromatic nitrogens is 2. The summed E-state index contributed by atoms with van der Waals surface area (Å²) in [7, 11) is 3.29. The minimum atomic E-state index is -0.588. The molecule has 0 spiro atoms. The number of primary amides is 1. The lowest BCUT2D eigenvalue weighted by Crippen LogP contribution is -2.33. The van der Waals surface area contributed by atoms with Gasteiger partial charge in [0.25, 0.3) is 0 Å². The zero-order valence-corrected chi connectivity index (χ0v) is 15.8. The van der Waals surface area contributed by atoms with Gasteiger partial charge in [0, 0.05) is 17.4 Å². The molecule has 142 valence electrons. The second-order valence-electron chi connectivity index (χ2n) is 6.74. The topological polar surface area (TPSA) is 79.4 Å². The summed E-state index contributed by atoms with van der Waals surface area (Å²) in [5.74, 6) is 1.58. The molecule has 1 amide bonds. The smallest absolute Gasteiger partial charge is 0.339 e. The third-order valence-electron chi connectivity index (χ3n) is 5.31. The highest BCUT2D eigenvalue weighted by Gasteiger charge is 2.37. The van der Waals surface area contributed by atoms with Crippen molar-refractivity contribution in [2.75, 3.05) is 14.2 Å². The van der Waals surface area contributed by atoms with E-state index in [-0.39, 0.29) is 0 Å². The number of ether oxygens (including phenoxy) is 2. The molecule has 1 heterocycles. The van der Waals surface area contributed by atoms with Gasteiger partial charge in [0.2, 0.25) is 0 Å². The number of hydrogen-bond acceptors (Lipinski definition) is 4. The predicted octanol–water partition coefficient (Wildman–Crippen LogP) is 3.38. The van der Waals surface area contributed by atoms with E-state index < -0.39 is 11.4 Å². The molecule has 0 saturated carbocycles. The minimum absolute atomic E-state index is 0.473. The lowest BCUT2D eigenvalue weighted by Gasteiger charge is -2.35. The second-order valence-corrected chi connectivity index (χ2v) is 6.74. The minimum Gasteiger partial charge on any atom is -0.497 e. The van der Waals surface area contributed by atoms with Crippen LogP contribution in [-0.2, 0) is 11.8 Å². The van der Waals surface area contributed by atoms with E-state index in [4.69, 9.17) is 15.2 Å². The van der Waals surface area contributed by atoms with Crippen molar-refractivity contribution in [1.82, 2.24) is 9.78 Å². The number of fused-ring (bicyclic) bond motifs is 1. The van der Waals surface area contributed by atoms with E-state index >= 15 is 0 Å². The molecule has 0 radical (unpaired) electrons. The van der Waals surface area contributed by atoms with Gasteiger partial charge in [-0.15, -0.1) is 0 Å². The van der Waals surface area contributed by atoms with Gasteiger partial charge < -0.3 is 15.2 Å². The van der Waals surface area contributed by atoms with E-state index in [1.807, 2.05) is 54.6 Å². The Bertz CT molecular complexity index is 986. The van der Waals surface area contributed by atoms with Gasteiger partial charge in [-0.05, 0) is 35.4 Å². The number of methoxy groups -OCH3 is 2. The molecule has 0 fully saturated rings. The van der Waals surface area contributed by atoms with Gasteiger partial charge in [-0.1, -0.05) is 36.4 Å². The number of hydrogen-bond donors (Lipinski definition) is 1. The van der Waals surface area contributed by atoms with Gasteiger partial charge in [0.05, 0.1) is 26.1 Å². The first kappa shape index (κ1) is 17.9. The molecule has 28 heavy (non-hydrogen) atoms. The molecule has 0 atom stereocenters. The Morgan fingerprint density at radius 1 is 1.00 bits per heavy atom. The largest absolute Gasteiger partial charge is 0.497 e. The molecule has 4 rings (SSSR count). The van der Waals surface area contributed by atoms with Crippen LogP contribution < -0.4 is 15.2 Å². The molecule has 0 aliphatic heterocycles. The van der Waals surface area contributed by atoms with Crippen molar-refractivity contribution in [3.05, 3.63) is 83.2 Å². The molecule has 1 aliphatic rings. The van der Waals surface area contributed by atoms with E-state index in [0.717, 1.165) is 33.9 Å². The lowest BCUT2D eigenvalue weighted by molar-refractivity contribution is 0.246. The van der Waals surface area contributed by atoms with Crippen LogP contribution >= 0.6 is 0 Å². The molecule has 2 aromatic carbocycles. The van der Waals surface area contributed by atoms with Crippen LogP contribution in [0.3, 0.4) is 0 Å². The molecule has 0 unspecified atom stereocenters. The van der Waals surface area contributed by atoms with Crippen LogP contribution in [0.4, 0.5) is 4.79 Å². The Labute approximate surface area is 163 Å². The molecule has 3 aromatic rings. The average molecular weight is 375 g/mol. The Hall–Kier alpha value is -3.54. The quantitative estimate of drug-likeness (QED) is 0.758. The van der Waals surface area contributed by atoms with Crippen molar-refractivity contribution in [1.29, 1.82) is 0 Å². The van der Waals surface area contributed by atoms with Crippen LogP contribution in [0.1, 0.15) is 22.4 Å². The van der Waals surface area contributed by atoms with Gasteiger partial charge in [-0.3, -0.25) is 0 Å². The molecule has 1 aromatic heterocycles. The standard InChI is InChI=1S/C22H21N3O3/c1-27-18-7-3-16(4-8-18)22(17-5-9-19(28-2)10-6-17)12-11-15-14-24-25(21(23)26)20(15)13-22/h3-12,14H,13H2,1-2H3,(H2,23,26). The van der Waals surface area contributed by atoms with Crippen LogP contribution in [0.5, 0.6) is 11.5 Å². The normalized spacial score (nSPS) is 14.4. The van der Waals surface area contributed by atoms with Gasteiger partial charge in [0.1, 0.15) is 11.5 Å². The molecule has 1 aliphatic carbocycles. The van der Waals surface area contributed by atoms with Crippen molar-refractivity contribution in [2.24, 2.45) is 5.73 Å². The Kier molecular flexibility index (Phi) is 4.39. The summed E-state index contributed by atoms with van der Waals surface area (Å²) in [4.78, 5) is 11.9. The van der Waals surface area contributed by atoms with Gasteiger partial charge in [-0.2, -0.15) is 9.78 Å². The summed E-state index contributed by atoms with van der Waals surface area (Å²) in [5.41, 5.74) is 8.91. The van der Waals surface area contributed by atoms with Crippen LogP contribution in [0.2, 0.25) is 0 Å². The number of nitrogens with two attached hydrogens (primary N) is 1. The van der Waals surface area contributed by atoms with E-state index in [1.165, 1.54) is 4.68 Å². The third-order valence-corrected chi connectivity index (χ3v) is 5.31. The molecule has 0 bridgehead atoms. The van der Waals surface area contributed by atoms with Crippen molar-refractivity contribution >= 4 is 12.1 Å². The van der Waals surface area contributed by atoms with Gasteiger partial charge in [0.15, 0.2) is 0 Å². The number of rotatable bonds is 4. The van der Waals surface area contributed by atoms with Crippen LogP contribution in [0.25, 0.3) is 6.08 Å². The number of benzene rings is 2. The number of amides is 1. The molecule has 6 heteroatoms. The van der Waals surface area contributed by atoms with Crippen molar-refractivity contribution in [2.45, 2.75) is 11.8 Å². The highest BCUT2D eigenvalue weighted by molar-refractivity contribution is 5.77. The highest BCUT2D eigenvalue weighted by Crippen LogP contribution is 2.42. The van der Waals surface area contributed by atoms with Crippen LogP contribution in [0, 0.1) is 0 Å². The average Bonchev–Trinajstić information content (AvgIpc) is 3.17. The third kappa shape index (κ3) is 2.83. The first-order valence-corrected chi connectivity index (χ1v) is 8.92. The number of carbonyl (C=O) groups excluding carboxylic acids is 1. The summed E-state index contributed by atoms with van der Waals surface area (Å²) in [6.07, 6.45) is 6.38. The zero-order valence-electron chi connectivity index (χ0n) is 15.8. The summed E-state index contributed by atoms with van der Waals surface area (Å²) in [5, 5.41) is 4.16. The van der Waals surface area contributed by atoms with Crippen LogP contribution in [-0.4, -0.2) is 30.0 Å². The second kappa shape index (κ2) is 6.88. The lowest BCUT2D eigenvalue weighted by atomic mass is 9.68. The van der Waals surface area contributed by atoms with Gasteiger partial charge in [-0.25, -0.2) is 4.79 Å². The summed E-state index contributed by atoms with van der Waals surface area (Å²) in [6.45, 7) is 0. The first-order chi connectivity index (χ1) is 13.6. The summed E-state index contributed by atoms with van der Waals surface area (Å²) >= 11 is 0. The Morgan fingerprint density at radius 3 is 2.00 bits per heavy atom. The van der Waals surface area contributed by atoms with Gasteiger partial charge >= 0.3 is 6.03 Å². The summed E-state index contributed by atoms with van der Waals surface area (Å²) < 4.78 is 11.9. The number of carbonyl (C=O) groups is 1. The Balaban J connectivity index is 1.88. The molecule has 0 saturated heterocycles. The van der Waals surface area contributed by atoms with E-state index in [9.17, 15) is 4.79 Å². The fraction of sp³-hybridized carbons (Fsp3) is 0.182. The SMILES string of the molecule is COc1ccc(C2(c3ccc(OC)cc3)C=Cc3cnn(C(N)=O)c3C2)cc1. The zero-order chi connectivity index (χ0) is 19.7. The van der Waals surface area contributed by atoms with Crippen molar-refractivity contribution < 1.29 is 14.3 Å². The number of allylic oxidation sites excluding steroid dienone is 1. The maximum absolute atomic E-state index is 11.9. The summed E-state index contributed by atoms with van der Waals surface area (Å²) in [6, 6.07) is 15.4. The fourth-order valence-electron chi connectivity index (χ4n) is 3.79. The molecular weight excluding hydrogens is 354 g/mol. The first-order valence-electron chi connectivity index (χ1n) is 8.92. The Morgan fingerprint density at radius 2 is 1.54 bits per heavy atom. The molecule has 6 nitrogen and oxygen atoms in total. The van der Waals surface area contributed by atoms with E-state index in [0.29, 0.717) is 6.42 Å². The predicted molar refractivity (Wildman–Crippen MR) is 107 cm³/mol. The number of nitrogens with zero attached hydrogens (tertiary/aromatic N) is 2. The monoisotopic (exact) mass is 375 g/mol. The van der Waals surface area contributed by atoms with Crippen LogP contribution in [0.15, 0.2) is 60.8 Å².